The standard InChI is InChI=1S/C11H10N4/c1-8-11(13)7-14-15(8)10-4-2-9(6-12)3-5-10/h2-5,7H,13H2,1H3. The van der Waals surface area contributed by atoms with E-state index in [1.807, 2.05) is 19.1 Å². The molecule has 4 heteroatoms. The fraction of sp³-hybridized carbons (Fsp3) is 0.0909. The maximum absolute atomic E-state index is 8.67. The topological polar surface area (TPSA) is 67.6 Å². The molecular formula is C11H10N4. The molecule has 15 heavy (non-hydrogen) atoms. The summed E-state index contributed by atoms with van der Waals surface area (Å²) in [5.74, 6) is 0. The highest BCUT2D eigenvalue weighted by molar-refractivity contribution is 5.46. The molecule has 0 aliphatic rings. The van der Waals surface area contributed by atoms with Crippen molar-refractivity contribution in [1.29, 1.82) is 5.26 Å². The van der Waals surface area contributed by atoms with Crippen LogP contribution >= 0.6 is 0 Å². The molecule has 0 saturated carbocycles. The van der Waals surface area contributed by atoms with Gasteiger partial charge in [0.15, 0.2) is 0 Å². The number of benzene rings is 1. The Balaban J connectivity index is 2.47. The van der Waals surface area contributed by atoms with Gasteiger partial charge in [0.2, 0.25) is 0 Å². The van der Waals surface area contributed by atoms with Gasteiger partial charge in [-0.3, -0.25) is 0 Å². The number of hydrogen-bond donors (Lipinski definition) is 1. The van der Waals surface area contributed by atoms with Gasteiger partial charge in [0, 0.05) is 0 Å². The summed E-state index contributed by atoms with van der Waals surface area (Å²) in [6.07, 6.45) is 1.62. The van der Waals surface area contributed by atoms with Gasteiger partial charge in [-0.15, -0.1) is 0 Å². The predicted molar refractivity (Wildman–Crippen MR) is 57.4 cm³/mol. The molecule has 74 valence electrons. The number of nitrogens with zero attached hydrogens (tertiary/aromatic N) is 3. The summed E-state index contributed by atoms with van der Waals surface area (Å²) in [6, 6.07) is 9.27. The zero-order valence-corrected chi connectivity index (χ0v) is 8.31. The molecule has 2 aromatic rings. The second-order valence-electron chi connectivity index (χ2n) is 3.26. The molecule has 0 aliphatic heterocycles. The van der Waals surface area contributed by atoms with Crippen LogP contribution < -0.4 is 5.73 Å². The van der Waals surface area contributed by atoms with Crippen LogP contribution in [0.4, 0.5) is 5.69 Å². The summed E-state index contributed by atoms with van der Waals surface area (Å²) in [7, 11) is 0. The quantitative estimate of drug-likeness (QED) is 0.757. The Morgan fingerprint density at radius 3 is 2.47 bits per heavy atom. The summed E-state index contributed by atoms with van der Waals surface area (Å²) in [5.41, 5.74) is 8.81. The molecule has 0 radical (unpaired) electrons. The van der Waals surface area contributed by atoms with Crippen LogP contribution in [0, 0.1) is 18.3 Å². The van der Waals surface area contributed by atoms with Gasteiger partial charge in [-0.1, -0.05) is 0 Å². The van der Waals surface area contributed by atoms with Gasteiger partial charge in [0.25, 0.3) is 0 Å². The van der Waals surface area contributed by atoms with Gasteiger partial charge in [0.05, 0.1) is 34.9 Å². The second kappa shape index (κ2) is 3.46. The van der Waals surface area contributed by atoms with Crippen LogP contribution in [0.2, 0.25) is 0 Å². The van der Waals surface area contributed by atoms with Crippen LogP contribution in [0.15, 0.2) is 30.5 Å². The lowest BCUT2D eigenvalue weighted by atomic mass is 10.2. The first kappa shape index (κ1) is 9.28. The second-order valence-corrected chi connectivity index (χ2v) is 3.26. The van der Waals surface area contributed by atoms with Gasteiger partial charge in [-0.2, -0.15) is 10.4 Å². The van der Waals surface area contributed by atoms with Crippen LogP contribution in [0.25, 0.3) is 5.69 Å². The van der Waals surface area contributed by atoms with Crippen LogP contribution in [0.3, 0.4) is 0 Å². The Morgan fingerprint density at radius 1 is 1.33 bits per heavy atom. The molecule has 1 aromatic heterocycles. The molecule has 1 aromatic carbocycles. The molecule has 2 rings (SSSR count). The van der Waals surface area contributed by atoms with E-state index in [-0.39, 0.29) is 0 Å². The molecule has 0 aliphatic carbocycles. The third-order valence-electron chi connectivity index (χ3n) is 2.29. The third-order valence-corrected chi connectivity index (χ3v) is 2.29. The molecule has 0 amide bonds. The van der Waals surface area contributed by atoms with Crippen LogP contribution in [0.1, 0.15) is 11.3 Å². The van der Waals surface area contributed by atoms with E-state index in [0.717, 1.165) is 11.4 Å². The number of hydrogen-bond acceptors (Lipinski definition) is 3. The van der Waals surface area contributed by atoms with Crippen LogP contribution in [-0.2, 0) is 0 Å². The van der Waals surface area contributed by atoms with Gasteiger partial charge < -0.3 is 5.73 Å². The lowest BCUT2D eigenvalue weighted by Gasteiger charge is -2.03. The Morgan fingerprint density at radius 2 is 2.00 bits per heavy atom. The van der Waals surface area contributed by atoms with E-state index in [4.69, 9.17) is 11.0 Å². The minimum absolute atomic E-state index is 0.636. The first-order chi connectivity index (χ1) is 7.22. The van der Waals surface area contributed by atoms with E-state index in [2.05, 4.69) is 11.2 Å². The monoisotopic (exact) mass is 198 g/mol. The van der Waals surface area contributed by atoms with Crippen molar-refractivity contribution in [3.05, 3.63) is 41.7 Å². The summed E-state index contributed by atoms with van der Waals surface area (Å²) < 4.78 is 1.75. The Bertz CT molecular complexity index is 517. The molecule has 0 bridgehead atoms. The van der Waals surface area contributed by atoms with E-state index in [1.54, 1.807) is 23.0 Å². The molecule has 0 atom stereocenters. The molecule has 0 spiro atoms. The third kappa shape index (κ3) is 1.55. The van der Waals surface area contributed by atoms with E-state index < -0.39 is 0 Å². The number of aromatic nitrogens is 2. The zero-order chi connectivity index (χ0) is 10.8. The average Bonchev–Trinajstić information content (AvgIpc) is 2.60. The molecule has 0 saturated heterocycles. The molecule has 2 N–H and O–H groups in total. The highest BCUT2D eigenvalue weighted by Crippen LogP contribution is 2.15. The Labute approximate surface area is 87.6 Å². The van der Waals surface area contributed by atoms with Crippen LogP contribution in [-0.4, -0.2) is 9.78 Å². The minimum atomic E-state index is 0.636. The van der Waals surface area contributed by atoms with Crippen molar-refractivity contribution in [2.45, 2.75) is 6.92 Å². The van der Waals surface area contributed by atoms with E-state index >= 15 is 0 Å². The lowest BCUT2D eigenvalue weighted by molar-refractivity contribution is 0.847. The fourth-order valence-electron chi connectivity index (χ4n) is 1.36. The normalized spacial score (nSPS) is 9.87. The molecule has 0 fully saturated rings. The number of nitrogens with two attached hydrogens (primary N) is 1. The maximum atomic E-state index is 8.67. The largest absolute Gasteiger partial charge is 0.396 e. The molecule has 1 heterocycles. The summed E-state index contributed by atoms with van der Waals surface area (Å²) in [5, 5.41) is 12.8. The average molecular weight is 198 g/mol. The van der Waals surface area contributed by atoms with E-state index in [9.17, 15) is 0 Å². The number of rotatable bonds is 1. The van der Waals surface area contributed by atoms with Gasteiger partial charge >= 0.3 is 0 Å². The summed E-state index contributed by atoms with van der Waals surface area (Å²) in [4.78, 5) is 0. The highest BCUT2D eigenvalue weighted by Gasteiger charge is 2.04. The van der Waals surface area contributed by atoms with Crippen LogP contribution in [0.5, 0.6) is 0 Å². The number of nitrogen functional groups attached to an aromatic ring is 1. The highest BCUT2D eigenvalue weighted by atomic mass is 15.3. The summed E-state index contributed by atoms with van der Waals surface area (Å²) >= 11 is 0. The SMILES string of the molecule is Cc1c(N)cnn1-c1ccc(C#N)cc1. The van der Waals surface area contributed by atoms with Crippen molar-refractivity contribution in [1.82, 2.24) is 9.78 Å². The molecule has 0 unspecified atom stereocenters. The van der Waals surface area contributed by atoms with Crippen molar-refractivity contribution in [3.8, 4) is 11.8 Å². The molecular weight excluding hydrogens is 188 g/mol. The van der Waals surface area contributed by atoms with Crippen molar-refractivity contribution in [2.24, 2.45) is 0 Å². The van der Waals surface area contributed by atoms with Crippen molar-refractivity contribution in [2.75, 3.05) is 5.73 Å². The molecule has 4 nitrogen and oxygen atoms in total. The number of anilines is 1. The Kier molecular flexibility index (Phi) is 2.14. The minimum Gasteiger partial charge on any atom is -0.396 e. The van der Waals surface area contributed by atoms with E-state index in [0.29, 0.717) is 11.3 Å². The summed E-state index contributed by atoms with van der Waals surface area (Å²) in [6.45, 7) is 1.90. The fourth-order valence-corrected chi connectivity index (χ4v) is 1.36. The van der Waals surface area contributed by atoms with E-state index in [1.165, 1.54) is 0 Å². The lowest BCUT2D eigenvalue weighted by Crippen LogP contribution is -1.99. The van der Waals surface area contributed by atoms with Gasteiger partial charge in [-0.25, -0.2) is 4.68 Å². The van der Waals surface area contributed by atoms with Gasteiger partial charge in [0.1, 0.15) is 0 Å². The van der Waals surface area contributed by atoms with Crippen molar-refractivity contribution < 1.29 is 0 Å². The predicted octanol–water partition coefficient (Wildman–Crippen LogP) is 1.63. The van der Waals surface area contributed by atoms with Crippen molar-refractivity contribution in [3.63, 3.8) is 0 Å². The smallest absolute Gasteiger partial charge is 0.0991 e. The zero-order valence-electron chi connectivity index (χ0n) is 8.31. The number of nitriles is 1. The van der Waals surface area contributed by atoms with Crippen molar-refractivity contribution >= 4 is 5.69 Å². The first-order valence-corrected chi connectivity index (χ1v) is 4.53. The van der Waals surface area contributed by atoms with Gasteiger partial charge in [-0.05, 0) is 31.2 Å². The first-order valence-electron chi connectivity index (χ1n) is 4.53. The maximum Gasteiger partial charge on any atom is 0.0991 e. The Hall–Kier alpha value is -2.28.